The summed E-state index contributed by atoms with van der Waals surface area (Å²) in [4.78, 5) is 1.79. The first-order valence-corrected chi connectivity index (χ1v) is 3.87. The molecule has 0 saturated carbocycles. The van der Waals surface area contributed by atoms with Gasteiger partial charge in [0.25, 0.3) is 5.92 Å². The molecule has 12 heavy (non-hydrogen) atoms. The second kappa shape index (κ2) is 3.39. The molecule has 1 aliphatic rings. The van der Waals surface area contributed by atoms with Crippen molar-refractivity contribution in [2.75, 3.05) is 26.8 Å². The first kappa shape index (κ1) is 9.45. The zero-order chi connectivity index (χ0) is 9.19. The van der Waals surface area contributed by atoms with E-state index in [-0.39, 0.29) is 0 Å². The molecule has 1 heterocycles. The minimum atomic E-state index is -2.75. The second-order valence-electron chi connectivity index (χ2n) is 3.07. The maximum absolute atomic E-state index is 12.5. The maximum atomic E-state index is 12.5. The van der Waals surface area contributed by atoms with Crippen molar-refractivity contribution in [3.63, 3.8) is 0 Å². The molecule has 0 bridgehead atoms. The highest BCUT2D eigenvalue weighted by Gasteiger charge is 2.21. The van der Waals surface area contributed by atoms with Crippen LogP contribution in [0.4, 0.5) is 8.78 Å². The average molecular weight is 177 g/mol. The summed E-state index contributed by atoms with van der Waals surface area (Å²) < 4.78 is 30.1. The lowest BCUT2D eigenvalue weighted by atomic mass is 10.2. The SMILES string of the molecule is CN1CCOC/C1=C\C(C)(F)F. The molecule has 0 aromatic rings. The van der Waals surface area contributed by atoms with Gasteiger partial charge in [-0.3, -0.25) is 0 Å². The van der Waals surface area contributed by atoms with Crippen LogP contribution in [0.15, 0.2) is 11.8 Å². The molecular formula is C8H13F2NO. The Hall–Kier alpha value is -0.640. The number of hydrogen-bond donors (Lipinski definition) is 0. The van der Waals surface area contributed by atoms with E-state index in [0.717, 1.165) is 13.0 Å². The minimum absolute atomic E-state index is 0.292. The van der Waals surface area contributed by atoms with Crippen molar-refractivity contribution in [2.45, 2.75) is 12.8 Å². The van der Waals surface area contributed by atoms with Crippen molar-refractivity contribution < 1.29 is 13.5 Å². The van der Waals surface area contributed by atoms with Crippen LogP contribution >= 0.6 is 0 Å². The van der Waals surface area contributed by atoms with Crippen molar-refractivity contribution in [3.05, 3.63) is 11.8 Å². The highest BCUT2D eigenvalue weighted by molar-refractivity contribution is 5.07. The zero-order valence-corrected chi connectivity index (χ0v) is 7.31. The lowest BCUT2D eigenvalue weighted by molar-refractivity contribution is 0.0563. The van der Waals surface area contributed by atoms with Crippen LogP contribution in [-0.4, -0.2) is 37.6 Å². The molecule has 4 heteroatoms. The highest BCUT2D eigenvalue weighted by atomic mass is 19.3. The van der Waals surface area contributed by atoms with Gasteiger partial charge in [0.1, 0.15) is 0 Å². The molecule has 0 aliphatic carbocycles. The van der Waals surface area contributed by atoms with E-state index in [1.807, 2.05) is 0 Å². The van der Waals surface area contributed by atoms with Crippen LogP contribution in [0.5, 0.6) is 0 Å². The van der Waals surface area contributed by atoms with Crippen molar-refractivity contribution in [1.82, 2.24) is 4.90 Å². The number of allylic oxidation sites excluding steroid dienone is 1. The number of ether oxygens (including phenoxy) is 1. The molecule has 0 aromatic heterocycles. The Morgan fingerprint density at radius 1 is 1.58 bits per heavy atom. The molecule has 0 spiro atoms. The Morgan fingerprint density at radius 3 is 2.75 bits per heavy atom. The number of morpholine rings is 1. The van der Waals surface area contributed by atoms with E-state index >= 15 is 0 Å². The molecule has 1 saturated heterocycles. The van der Waals surface area contributed by atoms with E-state index in [9.17, 15) is 8.78 Å². The Balaban J connectivity index is 2.65. The molecule has 0 radical (unpaired) electrons. The average Bonchev–Trinajstić information content (AvgIpc) is 1.91. The summed E-state index contributed by atoms with van der Waals surface area (Å²) >= 11 is 0. The quantitative estimate of drug-likeness (QED) is 0.601. The summed E-state index contributed by atoms with van der Waals surface area (Å²) in [7, 11) is 1.79. The number of hydrogen-bond acceptors (Lipinski definition) is 2. The number of nitrogens with zero attached hydrogens (tertiary/aromatic N) is 1. The first-order valence-electron chi connectivity index (χ1n) is 3.87. The third kappa shape index (κ3) is 2.77. The van der Waals surface area contributed by atoms with Crippen LogP contribution in [0.1, 0.15) is 6.92 Å². The number of halogens is 2. The summed E-state index contributed by atoms with van der Waals surface area (Å²) in [5, 5.41) is 0. The normalized spacial score (nSPS) is 23.3. The zero-order valence-electron chi connectivity index (χ0n) is 7.31. The minimum Gasteiger partial charge on any atom is -0.374 e. The first-order chi connectivity index (χ1) is 5.49. The smallest absolute Gasteiger partial charge is 0.265 e. The monoisotopic (exact) mass is 177 g/mol. The van der Waals surface area contributed by atoms with E-state index in [4.69, 9.17) is 4.74 Å². The fourth-order valence-corrected chi connectivity index (χ4v) is 1.08. The third-order valence-electron chi connectivity index (χ3n) is 1.73. The van der Waals surface area contributed by atoms with E-state index in [2.05, 4.69) is 0 Å². The molecule has 0 atom stereocenters. The fourth-order valence-electron chi connectivity index (χ4n) is 1.08. The van der Waals surface area contributed by atoms with E-state index in [1.54, 1.807) is 11.9 Å². The van der Waals surface area contributed by atoms with Gasteiger partial charge in [-0.25, -0.2) is 8.78 Å². The summed E-state index contributed by atoms with van der Waals surface area (Å²) in [5.74, 6) is -2.75. The van der Waals surface area contributed by atoms with Crippen LogP contribution in [0, 0.1) is 0 Å². The van der Waals surface area contributed by atoms with Crippen molar-refractivity contribution in [1.29, 1.82) is 0 Å². The van der Waals surface area contributed by atoms with Gasteiger partial charge in [0.2, 0.25) is 0 Å². The van der Waals surface area contributed by atoms with Crippen molar-refractivity contribution >= 4 is 0 Å². The lowest BCUT2D eigenvalue weighted by Gasteiger charge is -2.28. The predicted molar refractivity (Wildman–Crippen MR) is 42.2 cm³/mol. The number of likely N-dealkylation sites (N-methyl/N-ethyl adjacent to an activating group) is 1. The Bertz CT molecular complexity index is 186. The van der Waals surface area contributed by atoms with Gasteiger partial charge in [-0.15, -0.1) is 0 Å². The molecular weight excluding hydrogens is 164 g/mol. The third-order valence-corrected chi connectivity index (χ3v) is 1.73. The van der Waals surface area contributed by atoms with Gasteiger partial charge < -0.3 is 9.64 Å². The number of rotatable bonds is 1. The standard InChI is InChI=1S/C8H13F2NO/c1-8(9,10)5-7-6-12-4-3-11(7)2/h5H,3-4,6H2,1-2H3/b7-5+. The van der Waals surface area contributed by atoms with Gasteiger partial charge in [-0.2, -0.15) is 0 Å². The summed E-state index contributed by atoms with van der Waals surface area (Å²) in [6.07, 6.45) is 0.951. The topological polar surface area (TPSA) is 12.5 Å². The van der Waals surface area contributed by atoms with Gasteiger partial charge in [-0.1, -0.05) is 0 Å². The van der Waals surface area contributed by atoms with E-state index < -0.39 is 5.92 Å². The highest BCUT2D eigenvalue weighted by Crippen LogP contribution is 2.18. The summed E-state index contributed by atoms with van der Waals surface area (Å²) in [6, 6.07) is 0. The van der Waals surface area contributed by atoms with E-state index in [1.165, 1.54) is 0 Å². The summed E-state index contributed by atoms with van der Waals surface area (Å²) in [6.45, 7) is 2.47. The Labute approximate surface area is 70.8 Å². The second-order valence-corrected chi connectivity index (χ2v) is 3.07. The molecule has 70 valence electrons. The molecule has 0 N–H and O–H groups in total. The Morgan fingerprint density at radius 2 is 2.25 bits per heavy atom. The van der Waals surface area contributed by atoms with Crippen LogP contribution < -0.4 is 0 Å². The van der Waals surface area contributed by atoms with Gasteiger partial charge in [0, 0.05) is 32.3 Å². The molecule has 0 amide bonds. The van der Waals surface area contributed by atoms with E-state index in [0.29, 0.717) is 25.5 Å². The van der Waals surface area contributed by atoms with Crippen molar-refractivity contribution in [3.8, 4) is 0 Å². The van der Waals surface area contributed by atoms with Gasteiger partial charge >= 0.3 is 0 Å². The predicted octanol–water partition coefficient (Wildman–Crippen LogP) is 1.49. The lowest BCUT2D eigenvalue weighted by Crippen LogP contribution is -2.32. The van der Waals surface area contributed by atoms with Gasteiger partial charge in [-0.05, 0) is 0 Å². The maximum Gasteiger partial charge on any atom is 0.265 e. The van der Waals surface area contributed by atoms with Crippen LogP contribution in [0.2, 0.25) is 0 Å². The number of alkyl halides is 2. The van der Waals surface area contributed by atoms with Gasteiger partial charge in [0.05, 0.1) is 13.2 Å². The fraction of sp³-hybridized carbons (Fsp3) is 0.750. The van der Waals surface area contributed by atoms with Crippen LogP contribution in [0.25, 0.3) is 0 Å². The largest absolute Gasteiger partial charge is 0.374 e. The van der Waals surface area contributed by atoms with Crippen LogP contribution in [-0.2, 0) is 4.74 Å². The van der Waals surface area contributed by atoms with Crippen molar-refractivity contribution in [2.24, 2.45) is 0 Å². The molecule has 2 nitrogen and oxygen atoms in total. The Kier molecular flexibility index (Phi) is 2.67. The molecule has 0 unspecified atom stereocenters. The molecule has 1 aliphatic heterocycles. The molecule has 1 rings (SSSR count). The summed E-state index contributed by atoms with van der Waals surface area (Å²) in [5.41, 5.74) is 0.564. The molecule has 0 aromatic carbocycles. The van der Waals surface area contributed by atoms with Crippen LogP contribution in [0.3, 0.4) is 0 Å². The molecule has 1 fully saturated rings. The van der Waals surface area contributed by atoms with Gasteiger partial charge in [0.15, 0.2) is 0 Å².